The number of hydrogen-bond acceptors (Lipinski definition) is 3. The first-order chi connectivity index (χ1) is 14.6. The number of aromatic nitrogens is 2. The molecule has 6 nitrogen and oxygen atoms in total. The highest BCUT2D eigenvalue weighted by Crippen LogP contribution is 2.25. The average Bonchev–Trinajstić information content (AvgIpc) is 2.95. The van der Waals surface area contributed by atoms with Gasteiger partial charge in [-0.2, -0.15) is 5.10 Å². The number of likely N-dealkylation sites (tertiary alicyclic amines) is 1. The Hall–Kier alpha value is -2.34. The van der Waals surface area contributed by atoms with Crippen molar-refractivity contribution in [3.05, 3.63) is 41.7 Å². The van der Waals surface area contributed by atoms with Crippen LogP contribution in [0.5, 0.6) is 0 Å². The van der Waals surface area contributed by atoms with Gasteiger partial charge in [-0.1, -0.05) is 43.9 Å². The third-order valence-corrected chi connectivity index (χ3v) is 6.66. The van der Waals surface area contributed by atoms with Gasteiger partial charge >= 0.3 is 6.03 Å². The van der Waals surface area contributed by atoms with Crippen molar-refractivity contribution in [2.45, 2.75) is 77.3 Å². The first-order valence-electron chi connectivity index (χ1n) is 11.5. The van der Waals surface area contributed by atoms with Crippen molar-refractivity contribution in [3.8, 4) is 5.69 Å². The molecule has 1 atom stereocenters. The van der Waals surface area contributed by atoms with E-state index >= 15 is 0 Å². The first-order valence-corrected chi connectivity index (χ1v) is 11.5. The van der Waals surface area contributed by atoms with Gasteiger partial charge in [-0.05, 0) is 58.2 Å². The highest BCUT2D eigenvalue weighted by molar-refractivity contribution is 5.90. The number of carbonyl (C=O) groups excluding carboxylic acids is 1. The van der Waals surface area contributed by atoms with Crippen LogP contribution in [-0.2, 0) is 0 Å². The van der Waals surface area contributed by atoms with Crippen molar-refractivity contribution in [2.75, 3.05) is 18.4 Å². The Morgan fingerprint density at radius 3 is 2.47 bits per heavy atom. The summed E-state index contributed by atoms with van der Waals surface area (Å²) < 4.78 is 1.89. The van der Waals surface area contributed by atoms with Crippen molar-refractivity contribution in [2.24, 2.45) is 0 Å². The van der Waals surface area contributed by atoms with Gasteiger partial charge in [-0.25, -0.2) is 9.48 Å². The number of rotatable bonds is 4. The van der Waals surface area contributed by atoms with Crippen molar-refractivity contribution < 1.29 is 4.79 Å². The SMILES string of the molecule is Cc1nn(-c2ccccc2)c(C)c1NC(=O)N[C@@H]1CCCN(C2CCCCCC2)C1. The summed E-state index contributed by atoms with van der Waals surface area (Å²) in [7, 11) is 0. The standard InChI is InChI=1S/C24H35N5O/c1-18-23(19(2)29(27-18)22-14-8-5-9-15-22)26-24(30)25-20-11-10-16-28(17-20)21-12-6-3-4-7-13-21/h5,8-9,14-15,20-21H,3-4,6-7,10-13,16-17H2,1-2H3,(H2,25,26,30)/t20-/m1/s1. The highest BCUT2D eigenvalue weighted by Gasteiger charge is 2.27. The quantitative estimate of drug-likeness (QED) is 0.713. The van der Waals surface area contributed by atoms with E-state index in [-0.39, 0.29) is 12.1 Å². The molecule has 0 radical (unpaired) electrons. The molecule has 162 valence electrons. The topological polar surface area (TPSA) is 62.2 Å². The molecule has 1 aliphatic heterocycles. The van der Waals surface area contributed by atoms with Gasteiger partial charge in [0, 0.05) is 18.6 Å². The number of aryl methyl sites for hydroxylation is 1. The minimum absolute atomic E-state index is 0.124. The zero-order chi connectivity index (χ0) is 20.9. The number of piperidine rings is 1. The highest BCUT2D eigenvalue weighted by atomic mass is 16.2. The Labute approximate surface area is 180 Å². The van der Waals surface area contributed by atoms with Crippen molar-refractivity contribution in [1.82, 2.24) is 20.0 Å². The maximum absolute atomic E-state index is 12.8. The number of anilines is 1. The van der Waals surface area contributed by atoms with Gasteiger partial charge in [0.2, 0.25) is 0 Å². The van der Waals surface area contributed by atoms with Crippen LogP contribution >= 0.6 is 0 Å². The second-order valence-corrected chi connectivity index (χ2v) is 8.87. The van der Waals surface area contributed by atoms with Crippen molar-refractivity contribution in [1.29, 1.82) is 0 Å². The molecule has 2 aromatic rings. The van der Waals surface area contributed by atoms with Crippen LogP contribution in [0.4, 0.5) is 10.5 Å². The van der Waals surface area contributed by atoms with Crippen LogP contribution in [0.1, 0.15) is 62.8 Å². The molecule has 1 aromatic carbocycles. The van der Waals surface area contributed by atoms with Crippen LogP contribution in [0.15, 0.2) is 30.3 Å². The van der Waals surface area contributed by atoms with Gasteiger partial charge in [0.1, 0.15) is 0 Å². The largest absolute Gasteiger partial charge is 0.334 e. The summed E-state index contributed by atoms with van der Waals surface area (Å²) in [5, 5.41) is 10.9. The minimum atomic E-state index is -0.124. The van der Waals surface area contributed by atoms with E-state index in [9.17, 15) is 4.79 Å². The van der Waals surface area contributed by atoms with E-state index in [1.54, 1.807) is 0 Å². The second-order valence-electron chi connectivity index (χ2n) is 8.87. The van der Waals surface area contributed by atoms with Gasteiger partial charge < -0.3 is 10.6 Å². The molecule has 6 heteroatoms. The van der Waals surface area contributed by atoms with Crippen LogP contribution in [0, 0.1) is 13.8 Å². The van der Waals surface area contributed by atoms with E-state index in [1.165, 1.54) is 45.1 Å². The van der Waals surface area contributed by atoms with Crippen LogP contribution in [0.2, 0.25) is 0 Å². The minimum Gasteiger partial charge on any atom is -0.334 e. The van der Waals surface area contributed by atoms with Crippen molar-refractivity contribution >= 4 is 11.7 Å². The molecule has 2 aliphatic rings. The summed E-state index contributed by atoms with van der Waals surface area (Å²) in [5.41, 5.74) is 3.57. The summed E-state index contributed by atoms with van der Waals surface area (Å²) >= 11 is 0. The van der Waals surface area contributed by atoms with E-state index in [2.05, 4.69) is 20.6 Å². The molecular weight excluding hydrogens is 374 g/mol. The molecule has 2 amide bonds. The number of nitrogens with zero attached hydrogens (tertiary/aromatic N) is 3. The van der Waals surface area contributed by atoms with Gasteiger partial charge in [-0.3, -0.25) is 4.90 Å². The van der Waals surface area contributed by atoms with E-state index in [0.717, 1.165) is 42.1 Å². The summed E-state index contributed by atoms with van der Waals surface area (Å²) in [6, 6.07) is 10.8. The number of nitrogens with one attached hydrogen (secondary N) is 2. The summed E-state index contributed by atoms with van der Waals surface area (Å²) in [6.45, 7) is 6.08. The first kappa shape index (κ1) is 20.9. The van der Waals surface area contributed by atoms with Crippen LogP contribution < -0.4 is 10.6 Å². The molecule has 2 N–H and O–H groups in total. The molecular formula is C24H35N5O. The molecule has 4 rings (SSSR count). The fourth-order valence-corrected chi connectivity index (χ4v) is 5.06. The zero-order valence-corrected chi connectivity index (χ0v) is 18.4. The van der Waals surface area contributed by atoms with Gasteiger partial charge in [0.05, 0.1) is 22.8 Å². The van der Waals surface area contributed by atoms with Crippen LogP contribution in [0.3, 0.4) is 0 Å². The Kier molecular flexibility index (Phi) is 6.72. The van der Waals surface area contributed by atoms with E-state index in [4.69, 9.17) is 0 Å². The fraction of sp³-hybridized carbons (Fsp3) is 0.583. The van der Waals surface area contributed by atoms with Crippen LogP contribution in [-0.4, -0.2) is 45.9 Å². The number of carbonyl (C=O) groups is 1. The Morgan fingerprint density at radius 2 is 1.73 bits per heavy atom. The predicted octanol–water partition coefficient (Wildman–Crippen LogP) is 4.80. The molecule has 2 heterocycles. The molecule has 0 unspecified atom stereocenters. The second kappa shape index (κ2) is 9.65. The molecule has 1 saturated carbocycles. The van der Waals surface area contributed by atoms with Gasteiger partial charge in [-0.15, -0.1) is 0 Å². The van der Waals surface area contributed by atoms with E-state index < -0.39 is 0 Å². The molecule has 1 aromatic heterocycles. The Bertz CT molecular complexity index is 839. The van der Waals surface area contributed by atoms with E-state index in [0.29, 0.717) is 6.04 Å². The van der Waals surface area contributed by atoms with E-state index in [1.807, 2.05) is 48.9 Å². The number of para-hydroxylation sites is 1. The Balaban J connectivity index is 1.37. The molecule has 1 saturated heterocycles. The molecule has 30 heavy (non-hydrogen) atoms. The zero-order valence-electron chi connectivity index (χ0n) is 18.4. The normalized spacial score (nSPS) is 21.2. The van der Waals surface area contributed by atoms with Gasteiger partial charge in [0.15, 0.2) is 0 Å². The number of benzene rings is 1. The smallest absolute Gasteiger partial charge is 0.319 e. The fourth-order valence-electron chi connectivity index (χ4n) is 5.06. The number of hydrogen-bond donors (Lipinski definition) is 2. The van der Waals surface area contributed by atoms with Crippen molar-refractivity contribution in [3.63, 3.8) is 0 Å². The maximum Gasteiger partial charge on any atom is 0.319 e. The lowest BCUT2D eigenvalue weighted by Gasteiger charge is -2.38. The maximum atomic E-state index is 12.8. The summed E-state index contributed by atoms with van der Waals surface area (Å²) in [4.78, 5) is 15.4. The lowest BCUT2D eigenvalue weighted by atomic mass is 10.00. The lowest BCUT2D eigenvalue weighted by Crippen LogP contribution is -2.51. The summed E-state index contributed by atoms with van der Waals surface area (Å²) in [5.74, 6) is 0. The average molecular weight is 410 g/mol. The predicted molar refractivity (Wildman–Crippen MR) is 121 cm³/mol. The third kappa shape index (κ3) is 4.86. The number of amides is 2. The Morgan fingerprint density at radius 1 is 1.00 bits per heavy atom. The number of urea groups is 1. The molecule has 0 bridgehead atoms. The monoisotopic (exact) mass is 409 g/mol. The molecule has 1 aliphatic carbocycles. The van der Waals surface area contributed by atoms with Gasteiger partial charge in [0.25, 0.3) is 0 Å². The molecule has 2 fully saturated rings. The summed E-state index contributed by atoms with van der Waals surface area (Å²) in [6.07, 6.45) is 10.3. The third-order valence-electron chi connectivity index (χ3n) is 6.66. The van der Waals surface area contributed by atoms with Crippen LogP contribution in [0.25, 0.3) is 5.69 Å². The lowest BCUT2D eigenvalue weighted by molar-refractivity contribution is 0.128. The molecule has 0 spiro atoms.